The van der Waals surface area contributed by atoms with Gasteiger partial charge in [-0.1, -0.05) is 0 Å². The number of aliphatic hydroxyl groups excluding tert-OH is 8. The Balaban J connectivity index is 1.84. The minimum absolute atomic E-state index is 0.603. The number of hydrogen-bond acceptors (Lipinski definition) is 16. The molecule has 3 saturated heterocycles. The van der Waals surface area contributed by atoms with Gasteiger partial charge in [-0.2, -0.15) is 0 Å². The fraction of sp³-hybridized carbons (Fsp3) is 0.875. The zero-order valence-electron chi connectivity index (χ0n) is 23.6. The van der Waals surface area contributed by atoms with E-state index in [9.17, 15) is 55.2 Å². The summed E-state index contributed by atoms with van der Waals surface area (Å²) >= 11 is 0. The van der Waals surface area contributed by atoms with Crippen molar-refractivity contribution in [3.8, 4) is 0 Å². The van der Waals surface area contributed by atoms with E-state index < -0.39 is 129 Å². The molecule has 0 bridgehead atoms. The zero-order valence-corrected chi connectivity index (χ0v) is 23.6. The first kappa shape index (κ1) is 35.4. The van der Waals surface area contributed by atoms with Crippen molar-refractivity contribution in [3.63, 3.8) is 0 Å². The maximum atomic E-state index is 11.9. The van der Waals surface area contributed by atoms with Crippen LogP contribution in [0.3, 0.4) is 0 Å². The van der Waals surface area contributed by atoms with Crippen LogP contribution in [0.1, 0.15) is 20.8 Å². The molecule has 15 unspecified atom stereocenters. The lowest BCUT2D eigenvalue weighted by Crippen LogP contribution is -2.69. The van der Waals surface area contributed by atoms with Crippen LogP contribution in [0.15, 0.2) is 0 Å². The van der Waals surface area contributed by atoms with Gasteiger partial charge < -0.3 is 80.5 Å². The number of aliphatic hydroxyl groups is 8. The molecule has 3 aliphatic heterocycles. The summed E-state index contributed by atoms with van der Waals surface area (Å²) in [6.07, 6.45) is -18.9. The minimum Gasteiger partial charge on any atom is -0.394 e. The molecule has 0 spiro atoms. The van der Waals surface area contributed by atoms with Gasteiger partial charge in [-0.05, 0) is 0 Å². The van der Waals surface area contributed by atoms with E-state index in [2.05, 4.69) is 16.0 Å². The topological polar surface area (TPSA) is 295 Å². The van der Waals surface area contributed by atoms with E-state index in [0.717, 1.165) is 20.8 Å². The van der Waals surface area contributed by atoms with Crippen LogP contribution in [0.2, 0.25) is 0 Å². The van der Waals surface area contributed by atoms with Crippen LogP contribution in [-0.2, 0) is 38.1 Å². The average molecular weight is 628 g/mol. The molecule has 0 aliphatic carbocycles. The highest BCUT2D eigenvalue weighted by Gasteiger charge is 2.52. The monoisotopic (exact) mass is 627 g/mol. The summed E-state index contributed by atoms with van der Waals surface area (Å²) in [4.78, 5) is 35.4. The Bertz CT molecular complexity index is 962. The van der Waals surface area contributed by atoms with Crippen LogP contribution in [-0.4, -0.2) is 170 Å². The lowest BCUT2D eigenvalue weighted by molar-refractivity contribution is -0.331. The molecule has 19 nitrogen and oxygen atoms in total. The SMILES string of the molecule is CC(=O)NC1C(OCC2OC(O)C(NC(C)=O)C(OC3OC(CO)C(O)C(O)C3NC(C)=O)C2O)OC(CO)C(O)C1O. The molecule has 3 fully saturated rings. The average Bonchev–Trinajstić information content (AvgIpc) is 2.93. The smallest absolute Gasteiger partial charge is 0.217 e. The van der Waals surface area contributed by atoms with Gasteiger partial charge in [0.2, 0.25) is 17.7 Å². The lowest BCUT2D eigenvalue weighted by Gasteiger charge is -2.48. The predicted molar refractivity (Wildman–Crippen MR) is 136 cm³/mol. The largest absolute Gasteiger partial charge is 0.394 e. The predicted octanol–water partition coefficient (Wildman–Crippen LogP) is -7.14. The molecule has 19 heteroatoms. The number of carbonyl (C=O) groups is 3. The Morgan fingerprint density at radius 2 is 1.05 bits per heavy atom. The summed E-state index contributed by atoms with van der Waals surface area (Å²) in [5, 5.41) is 89.8. The van der Waals surface area contributed by atoms with E-state index in [1.165, 1.54) is 0 Å². The third-order valence-electron chi connectivity index (χ3n) is 7.28. The molecule has 15 atom stereocenters. The Hall–Kier alpha value is -2.11. The molecule has 43 heavy (non-hydrogen) atoms. The highest BCUT2D eigenvalue weighted by Crippen LogP contribution is 2.30. The van der Waals surface area contributed by atoms with E-state index >= 15 is 0 Å². The van der Waals surface area contributed by atoms with Gasteiger partial charge in [-0.3, -0.25) is 14.4 Å². The van der Waals surface area contributed by atoms with Crippen LogP contribution >= 0.6 is 0 Å². The number of hydrogen-bond donors (Lipinski definition) is 11. The summed E-state index contributed by atoms with van der Waals surface area (Å²) in [6.45, 7) is 1.29. The third-order valence-corrected chi connectivity index (χ3v) is 7.28. The van der Waals surface area contributed by atoms with Gasteiger partial charge in [0, 0.05) is 20.8 Å². The lowest BCUT2D eigenvalue weighted by atomic mass is 9.94. The summed E-state index contributed by atoms with van der Waals surface area (Å²) < 4.78 is 28.0. The van der Waals surface area contributed by atoms with Crippen LogP contribution < -0.4 is 16.0 Å². The van der Waals surface area contributed by atoms with Crippen molar-refractivity contribution in [2.24, 2.45) is 0 Å². The Labute approximate surface area is 245 Å². The second-order valence-corrected chi connectivity index (χ2v) is 10.6. The summed E-state index contributed by atoms with van der Waals surface area (Å²) in [5.41, 5.74) is 0. The molecule has 0 aromatic carbocycles. The van der Waals surface area contributed by atoms with Crippen molar-refractivity contribution in [1.29, 1.82) is 0 Å². The van der Waals surface area contributed by atoms with Gasteiger partial charge in [-0.25, -0.2) is 0 Å². The molecule has 0 aromatic heterocycles. The van der Waals surface area contributed by atoms with Crippen LogP contribution in [0.4, 0.5) is 0 Å². The first-order valence-electron chi connectivity index (χ1n) is 13.5. The van der Waals surface area contributed by atoms with Gasteiger partial charge in [0.15, 0.2) is 18.9 Å². The van der Waals surface area contributed by atoms with Crippen molar-refractivity contribution in [3.05, 3.63) is 0 Å². The molecule has 248 valence electrons. The van der Waals surface area contributed by atoms with Gasteiger partial charge in [0.25, 0.3) is 0 Å². The Morgan fingerprint density at radius 1 is 0.605 bits per heavy atom. The van der Waals surface area contributed by atoms with Gasteiger partial charge in [0.05, 0.1) is 19.8 Å². The first-order valence-corrected chi connectivity index (χ1v) is 13.5. The van der Waals surface area contributed by atoms with E-state index in [0.29, 0.717) is 0 Å². The second-order valence-electron chi connectivity index (χ2n) is 10.6. The Kier molecular flexibility index (Phi) is 12.5. The van der Waals surface area contributed by atoms with Crippen molar-refractivity contribution in [2.75, 3.05) is 19.8 Å². The van der Waals surface area contributed by atoms with Crippen LogP contribution in [0.25, 0.3) is 0 Å². The molecule has 0 radical (unpaired) electrons. The maximum Gasteiger partial charge on any atom is 0.217 e. The second kappa shape index (κ2) is 15.3. The number of ether oxygens (including phenoxy) is 5. The summed E-state index contributed by atoms with van der Waals surface area (Å²) in [6, 6.07) is -4.19. The number of nitrogens with one attached hydrogen (secondary N) is 3. The summed E-state index contributed by atoms with van der Waals surface area (Å²) in [5.74, 6) is -1.92. The van der Waals surface area contributed by atoms with Crippen molar-refractivity contribution < 1.29 is 78.9 Å². The first-order chi connectivity index (χ1) is 20.2. The maximum absolute atomic E-state index is 11.9. The highest BCUT2D eigenvalue weighted by molar-refractivity contribution is 5.74. The minimum atomic E-state index is -1.84. The van der Waals surface area contributed by atoms with Gasteiger partial charge in [-0.15, -0.1) is 0 Å². The van der Waals surface area contributed by atoms with E-state index in [-0.39, 0.29) is 0 Å². The zero-order chi connectivity index (χ0) is 32.2. The molecular formula is C24H41N3O16. The van der Waals surface area contributed by atoms with Crippen molar-refractivity contribution in [2.45, 2.75) is 113 Å². The third kappa shape index (κ3) is 8.34. The molecule has 0 saturated carbocycles. The van der Waals surface area contributed by atoms with Crippen LogP contribution in [0, 0.1) is 0 Å². The van der Waals surface area contributed by atoms with Crippen LogP contribution in [0.5, 0.6) is 0 Å². The molecule has 11 N–H and O–H groups in total. The molecule has 3 heterocycles. The molecule has 3 amide bonds. The summed E-state index contributed by atoms with van der Waals surface area (Å²) in [7, 11) is 0. The fourth-order valence-electron chi connectivity index (χ4n) is 5.17. The van der Waals surface area contributed by atoms with E-state index in [1.807, 2.05) is 0 Å². The van der Waals surface area contributed by atoms with Crippen molar-refractivity contribution in [1.82, 2.24) is 16.0 Å². The molecule has 3 aliphatic rings. The number of amides is 3. The highest BCUT2D eigenvalue weighted by atomic mass is 16.7. The number of carbonyl (C=O) groups excluding carboxylic acids is 3. The van der Waals surface area contributed by atoms with Gasteiger partial charge >= 0.3 is 0 Å². The number of rotatable bonds is 10. The molecule has 3 rings (SSSR count). The normalized spacial score (nSPS) is 43.5. The molecule has 0 aromatic rings. The van der Waals surface area contributed by atoms with Gasteiger partial charge in [0.1, 0.15) is 73.1 Å². The van der Waals surface area contributed by atoms with E-state index in [4.69, 9.17) is 23.7 Å². The fourth-order valence-corrected chi connectivity index (χ4v) is 5.17. The quantitative estimate of drug-likeness (QED) is 0.107. The standard InChI is InChI=1S/C24H41N3O16/c1-7(30)25-13-19(36)16(33)10(4-28)41-23(13)39-6-12-18(35)21(15(22(38)40-12)27-9(3)32)43-24-14(26-8(2)31)20(37)17(34)11(5-29)42-24/h10-24,28-29,33-38H,4-6H2,1-3H3,(H,25,30)(H,26,31)(H,27,32). The Morgan fingerprint density at radius 3 is 1.51 bits per heavy atom. The molecular weight excluding hydrogens is 586 g/mol. The van der Waals surface area contributed by atoms with E-state index in [1.54, 1.807) is 0 Å². The van der Waals surface area contributed by atoms with Crippen molar-refractivity contribution >= 4 is 17.7 Å².